The molecule has 1 atom stereocenters. The van der Waals surface area contributed by atoms with Gasteiger partial charge in [0, 0.05) is 5.92 Å². The van der Waals surface area contributed by atoms with Crippen molar-refractivity contribution < 1.29 is 14.3 Å². The molecule has 0 aliphatic rings. The Labute approximate surface area is 97.7 Å². The molecule has 16 heavy (non-hydrogen) atoms. The van der Waals surface area contributed by atoms with E-state index in [0.717, 1.165) is 12.8 Å². The Bertz CT molecular complexity index is 234. The van der Waals surface area contributed by atoms with Crippen LogP contribution >= 0.6 is 0 Å². The van der Waals surface area contributed by atoms with Crippen LogP contribution in [0.15, 0.2) is 0 Å². The summed E-state index contributed by atoms with van der Waals surface area (Å²) in [7, 11) is 1.30. The number of carbonyl (C=O) groups excluding carboxylic acids is 2. The van der Waals surface area contributed by atoms with E-state index in [2.05, 4.69) is 10.1 Å². The molecule has 0 bridgehead atoms. The molecule has 0 saturated carbocycles. The van der Waals surface area contributed by atoms with Crippen molar-refractivity contribution in [3.8, 4) is 0 Å². The number of carbonyl (C=O) groups is 2. The van der Waals surface area contributed by atoms with Crippen LogP contribution in [-0.4, -0.2) is 25.0 Å². The molecule has 0 aromatic rings. The predicted molar refractivity (Wildman–Crippen MR) is 63.2 cm³/mol. The van der Waals surface area contributed by atoms with Crippen LogP contribution in [0.5, 0.6) is 0 Å². The molecule has 1 unspecified atom stereocenters. The molecule has 0 fully saturated rings. The van der Waals surface area contributed by atoms with Gasteiger partial charge in [0.1, 0.15) is 0 Å². The van der Waals surface area contributed by atoms with E-state index < -0.39 is 12.1 Å². The second-order valence-electron chi connectivity index (χ2n) is 4.25. The minimum absolute atomic E-state index is 0.0686. The number of nitrogens with one attached hydrogen (secondary N) is 1. The number of hydrogen-bond acceptors (Lipinski definition) is 3. The molecule has 4 nitrogen and oxygen atoms in total. The highest BCUT2D eigenvalue weighted by molar-refractivity contribution is 5.89. The Morgan fingerprint density at radius 1 is 1.19 bits per heavy atom. The fraction of sp³-hybridized carbons (Fsp3) is 0.833. The van der Waals surface area contributed by atoms with Gasteiger partial charge in [-0.05, 0) is 5.92 Å². The Balaban J connectivity index is 4.74. The first-order valence-electron chi connectivity index (χ1n) is 5.86. The van der Waals surface area contributed by atoms with Gasteiger partial charge in [-0.3, -0.25) is 4.79 Å². The zero-order valence-corrected chi connectivity index (χ0v) is 10.9. The highest BCUT2D eigenvalue weighted by Crippen LogP contribution is 2.17. The summed E-state index contributed by atoms with van der Waals surface area (Å²) in [5.41, 5.74) is 0. The quantitative estimate of drug-likeness (QED) is 0.760. The number of amides is 1. The topological polar surface area (TPSA) is 55.4 Å². The fourth-order valence-electron chi connectivity index (χ4n) is 1.73. The average molecular weight is 229 g/mol. The van der Waals surface area contributed by atoms with Gasteiger partial charge in [0.2, 0.25) is 0 Å². The van der Waals surface area contributed by atoms with Crippen LogP contribution in [0.1, 0.15) is 40.5 Å². The third-order valence-corrected chi connectivity index (χ3v) is 2.85. The SMILES string of the molecule is CCC(CC)C(NC(=O)OC)C(=O)C(C)C. The van der Waals surface area contributed by atoms with Crippen LogP contribution in [-0.2, 0) is 9.53 Å². The summed E-state index contributed by atoms with van der Waals surface area (Å²) >= 11 is 0. The molecular weight excluding hydrogens is 206 g/mol. The molecule has 0 heterocycles. The highest BCUT2D eigenvalue weighted by atomic mass is 16.5. The number of ketones is 1. The predicted octanol–water partition coefficient (Wildman–Crippen LogP) is 2.37. The first kappa shape index (κ1) is 14.9. The van der Waals surface area contributed by atoms with E-state index in [0.29, 0.717) is 0 Å². The van der Waals surface area contributed by atoms with Gasteiger partial charge in [0.05, 0.1) is 13.2 Å². The van der Waals surface area contributed by atoms with Gasteiger partial charge >= 0.3 is 6.09 Å². The summed E-state index contributed by atoms with van der Waals surface area (Å²) < 4.78 is 4.55. The van der Waals surface area contributed by atoms with Gasteiger partial charge in [-0.15, -0.1) is 0 Å². The zero-order chi connectivity index (χ0) is 12.7. The first-order chi connectivity index (χ1) is 7.47. The van der Waals surface area contributed by atoms with E-state index in [1.165, 1.54) is 7.11 Å². The van der Waals surface area contributed by atoms with E-state index in [-0.39, 0.29) is 17.6 Å². The lowest BCUT2D eigenvalue weighted by Gasteiger charge is -2.26. The molecule has 0 rings (SSSR count). The minimum atomic E-state index is -0.536. The number of ether oxygens (including phenoxy) is 1. The lowest BCUT2D eigenvalue weighted by molar-refractivity contribution is -0.125. The van der Waals surface area contributed by atoms with E-state index in [1.54, 1.807) is 0 Å². The summed E-state index contributed by atoms with van der Waals surface area (Å²) in [5.74, 6) is 0.163. The summed E-state index contributed by atoms with van der Waals surface area (Å²) in [5, 5.41) is 2.64. The molecular formula is C12H23NO3. The molecule has 0 aromatic carbocycles. The van der Waals surface area contributed by atoms with Crippen molar-refractivity contribution in [3.63, 3.8) is 0 Å². The standard InChI is InChI=1S/C12H23NO3/c1-6-9(7-2)10(11(14)8(3)4)13-12(15)16-5/h8-10H,6-7H2,1-5H3,(H,13,15). The zero-order valence-electron chi connectivity index (χ0n) is 10.9. The van der Waals surface area contributed by atoms with Gasteiger partial charge < -0.3 is 10.1 Å². The summed E-state index contributed by atoms with van der Waals surface area (Å²) in [4.78, 5) is 23.2. The van der Waals surface area contributed by atoms with Crippen LogP contribution < -0.4 is 5.32 Å². The maximum absolute atomic E-state index is 12.0. The van der Waals surface area contributed by atoms with Gasteiger partial charge in [0.25, 0.3) is 0 Å². The van der Waals surface area contributed by atoms with Crippen molar-refractivity contribution in [3.05, 3.63) is 0 Å². The molecule has 0 aliphatic carbocycles. The molecule has 94 valence electrons. The Hall–Kier alpha value is -1.06. The molecule has 0 aromatic heterocycles. The van der Waals surface area contributed by atoms with Crippen molar-refractivity contribution in [2.45, 2.75) is 46.6 Å². The fourth-order valence-corrected chi connectivity index (χ4v) is 1.73. The lowest BCUT2D eigenvalue weighted by Crippen LogP contribution is -2.47. The molecule has 0 radical (unpaired) electrons. The van der Waals surface area contributed by atoms with Crippen LogP contribution in [0.3, 0.4) is 0 Å². The van der Waals surface area contributed by atoms with E-state index in [9.17, 15) is 9.59 Å². The lowest BCUT2D eigenvalue weighted by atomic mass is 9.87. The van der Waals surface area contributed by atoms with Crippen molar-refractivity contribution in [2.24, 2.45) is 11.8 Å². The smallest absolute Gasteiger partial charge is 0.407 e. The second-order valence-corrected chi connectivity index (χ2v) is 4.25. The normalized spacial score (nSPS) is 12.7. The van der Waals surface area contributed by atoms with Crippen LogP contribution in [0.25, 0.3) is 0 Å². The highest BCUT2D eigenvalue weighted by Gasteiger charge is 2.29. The van der Waals surface area contributed by atoms with E-state index in [4.69, 9.17) is 0 Å². The van der Waals surface area contributed by atoms with Gasteiger partial charge in [-0.2, -0.15) is 0 Å². The van der Waals surface area contributed by atoms with Crippen LogP contribution in [0.4, 0.5) is 4.79 Å². The molecule has 4 heteroatoms. The van der Waals surface area contributed by atoms with Crippen LogP contribution in [0, 0.1) is 11.8 Å². The van der Waals surface area contributed by atoms with Gasteiger partial charge in [-0.1, -0.05) is 40.5 Å². The van der Waals surface area contributed by atoms with Crippen molar-refractivity contribution >= 4 is 11.9 Å². The Kier molecular flexibility index (Phi) is 6.77. The molecule has 0 saturated heterocycles. The number of hydrogen-bond donors (Lipinski definition) is 1. The molecule has 0 spiro atoms. The Morgan fingerprint density at radius 3 is 2.00 bits per heavy atom. The molecule has 1 N–H and O–H groups in total. The summed E-state index contributed by atoms with van der Waals surface area (Å²) in [6.07, 6.45) is 1.19. The average Bonchev–Trinajstić information content (AvgIpc) is 2.27. The van der Waals surface area contributed by atoms with Crippen molar-refractivity contribution in [1.82, 2.24) is 5.32 Å². The van der Waals surface area contributed by atoms with Gasteiger partial charge in [0.15, 0.2) is 5.78 Å². The van der Waals surface area contributed by atoms with Gasteiger partial charge in [-0.25, -0.2) is 4.79 Å². The monoisotopic (exact) mass is 229 g/mol. The number of alkyl carbamates (subject to hydrolysis) is 1. The first-order valence-corrected chi connectivity index (χ1v) is 5.86. The van der Waals surface area contributed by atoms with E-state index in [1.807, 2.05) is 27.7 Å². The van der Waals surface area contributed by atoms with E-state index >= 15 is 0 Å². The molecule has 0 aliphatic heterocycles. The third kappa shape index (κ3) is 4.21. The van der Waals surface area contributed by atoms with Crippen molar-refractivity contribution in [1.29, 1.82) is 0 Å². The number of methoxy groups -OCH3 is 1. The largest absolute Gasteiger partial charge is 0.453 e. The number of Topliss-reactive ketones (excluding diaryl/α,β-unsaturated/α-hetero) is 1. The Morgan fingerprint density at radius 2 is 1.69 bits per heavy atom. The van der Waals surface area contributed by atoms with Crippen LogP contribution in [0.2, 0.25) is 0 Å². The van der Waals surface area contributed by atoms with Crippen molar-refractivity contribution in [2.75, 3.05) is 7.11 Å². The maximum Gasteiger partial charge on any atom is 0.407 e. The maximum atomic E-state index is 12.0. The third-order valence-electron chi connectivity index (χ3n) is 2.85. The molecule has 1 amide bonds. The number of rotatable bonds is 6. The summed E-state index contributed by atoms with van der Waals surface area (Å²) in [6, 6.07) is -0.428. The summed E-state index contributed by atoms with van der Waals surface area (Å²) in [6.45, 7) is 7.73. The second kappa shape index (κ2) is 7.25. The minimum Gasteiger partial charge on any atom is -0.453 e.